The maximum absolute atomic E-state index is 5.89. The van der Waals surface area contributed by atoms with Gasteiger partial charge in [0.2, 0.25) is 0 Å². The number of nitrogens with one attached hydrogen (secondary N) is 1. The fraction of sp³-hybridized carbons (Fsp3) is 1.00. The molecule has 0 aromatic rings. The molecule has 2 atom stereocenters. The minimum Gasteiger partial charge on any atom is -0.329 e. The summed E-state index contributed by atoms with van der Waals surface area (Å²) in [4.78, 5) is 0. The monoisotopic (exact) mass is 200 g/mol. The Morgan fingerprint density at radius 3 is 2.77 bits per heavy atom. The van der Waals surface area contributed by atoms with Gasteiger partial charge in [-0.3, -0.25) is 0 Å². The van der Waals surface area contributed by atoms with Crippen LogP contribution >= 0.6 is 11.8 Å². The Morgan fingerprint density at radius 2 is 2.31 bits per heavy atom. The van der Waals surface area contributed by atoms with Crippen LogP contribution in [0, 0.1) is 5.92 Å². The average Bonchev–Trinajstić information content (AvgIpc) is 2.89. The molecule has 0 spiro atoms. The molecule has 13 heavy (non-hydrogen) atoms. The molecule has 1 heterocycles. The first-order chi connectivity index (χ1) is 6.27. The Kier molecular flexibility index (Phi) is 2.86. The van der Waals surface area contributed by atoms with Crippen molar-refractivity contribution < 1.29 is 0 Å². The summed E-state index contributed by atoms with van der Waals surface area (Å²) in [5, 5.41) is 4.40. The maximum atomic E-state index is 5.89. The highest BCUT2D eigenvalue weighted by Crippen LogP contribution is 2.36. The van der Waals surface area contributed by atoms with Crippen LogP contribution in [-0.2, 0) is 0 Å². The highest BCUT2D eigenvalue weighted by molar-refractivity contribution is 8.00. The van der Waals surface area contributed by atoms with Gasteiger partial charge >= 0.3 is 0 Å². The van der Waals surface area contributed by atoms with Crippen LogP contribution in [0.1, 0.15) is 26.2 Å². The molecule has 1 saturated carbocycles. The molecule has 2 fully saturated rings. The molecule has 0 radical (unpaired) electrons. The van der Waals surface area contributed by atoms with Crippen molar-refractivity contribution >= 4 is 11.8 Å². The molecule has 2 nitrogen and oxygen atoms in total. The van der Waals surface area contributed by atoms with E-state index in [0.717, 1.165) is 12.5 Å². The van der Waals surface area contributed by atoms with E-state index in [0.29, 0.717) is 5.25 Å². The zero-order valence-corrected chi connectivity index (χ0v) is 9.20. The SMILES string of the molecule is CC1SCCC1(CN)NCC1CC1. The van der Waals surface area contributed by atoms with Gasteiger partial charge in [0, 0.05) is 17.3 Å². The minimum absolute atomic E-state index is 0.257. The van der Waals surface area contributed by atoms with Gasteiger partial charge < -0.3 is 11.1 Å². The first-order valence-electron chi connectivity index (χ1n) is 5.33. The third kappa shape index (κ3) is 2.03. The Morgan fingerprint density at radius 1 is 1.54 bits per heavy atom. The van der Waals surface area contributed by atoms with Crippen LogP contribution in [-0.4, -0.2) is 29.6 Å². The van der Waals surface area contributed by atoms with Crippen molar-refractivity contribution in [3.05, 3.63) is 0 Å². The second-order valence-corrected chi connectivity index (χ2v) is 5.90. The van der Waals surface area contributed by atoms with Gasteiger partial charge in [0.1, 0.15) is 0 Å². The molecule has 2 aliphatic rings. The molecule has 0 amide bonds. The third-order valence-corrected chi connectivity index (χ3v) is 4.89. The molecular formula is C10H20N2S. The summed E-state index contributed by atoms with van der Waals surface area (Å²) < 4.78 is 0. The van der Waals surface area contributed by atoms with Crippen LogP contribution in [0.4, 0.5) is 0 Å². The molecule has 76 valence electrons. The van der Waals surface area contributed by atoms with E-state index in [1.54, 1.807) is 0 Å². The van der Waals surface area contributed by atoms with E-state index in [-0.39, 0.29) is 5.54 Å². The van der Waals surface area contributed by atoms with Gasteiger partial charge in [-0.15, -0.1) is 0 Å². The maximum Gasteiger partial charge on any atom is 0.0429 e. The van der Waals surface area contributed by atoms with Crippen molar-refractivity contribution in [2.45, 2.75) is 37.0 Å². The number of hydrogen-bond acceptors (Lipinski definition) is 3. The standard InChI is InChI=1S/C10H20N2S/c1-8-10(7-11,4-5-13-8)12-6-9-2-3-9/h8-9,12H,2-7,11H2,1H3. The number of thioether (sulfide) groups is 1. The van der Waals surface area contributed by atoms with Gasteiger partial charge in [0.25, 0.3) is 0 Å². The molecule has 0 bridgehead atoms. The van der Waals surface area contributed by atoms with Crippen LogP contribution in [0.15, 0.2) is 0 Å². The van der Waals surface area contributed by atoms with Crippen molar-refractivity contribution in [1.29, 1.82) is 0 Å². The van der Waals surface area contributed by atoms with Gasteiger partial charge in [0.05, 0.1) is 0 Å². The lowest BCUT2D eigenvalue weighted by molar-refractivity contribution is 0.329. The average molecular weight is 200 g/mol. The van der Waals surface area contributed by atoms with Crippen LogP contribution in [0.2, 0.25) is 0 Å². The molecule has 3 heteroatoms. The molecular weight excluding hydrogens is 180 g/mol. The quantitative estimate of drug-likeness (QED) is 0.716. The molecule has 0 aromatic heterocycles. The van der Waals surface area contributed by atoms with Crippen molar-refractivity contribution in [2.75, 3.05) is 18.8 Å². The lowest BCUT2D eigenvalue weighted by Gasteiger charge is -2.33. The Labute approximate surface area is 85.0 Å². The fourth-order valence-electron chi connectivity index (χ4n) is 2.02. The summed E-state index contributed by atoms with van der Waals surface area (Å²) in [5.41, 5.74) is 6.15. The normalized spacial score (nSPS) is 39.7. The van der Waals surface area contributed by atoms with Crippen molar-refractivity contribution in [3.8, 4) is 0 Å². The van der Waals surface area contributed by atoms with Crippen molar-refractivity contribution in [2.24, 2.45) is 11.7 Å². The summed E-state index contributed by atoms with van der Waals surface area (Å²) in [6.07, 6.45) is 4.10. The van der Waals surface area contributed by atoms with E-state index >= 15 is 0 Å². The van der Waals surface area contributed by atoms with E-state index in [1.165, 1.54) is 31.6 Å². The Bertz CT molecular complexity index is 182. The van der Waals surface area contributed by atoms with E-state index in [4.69, 9.17) is 5.73 Å². The first kappa shape index (κ1) is 9.81. The second kappa shape index (κ2) is 3.79. The van der Waals surface area contributed by atoms with E-state index in [2.05, 4.69) is 24.0 Å². The zero-order chi connectivity index (χ0) is 9.31. The molecule has 1 saturated heterocycles. The lowest BCUT2D eigenvalue weighted by Crippen LogP contribution is -2.55. The topological polar surface area (TPSA) is 38.0 Å². The van der Waals surface area contributed by atoms with E-state index in [1.807, 2.05) is 0 Å². The van der Waals surface area contributed by atoms with Crippen LogP contribution < -0.4 is 11.1 Å². The van der Waals surface area contributed by atoms with Crippen LogP contribution in [0.25, 0.3) is 0 Å². The summed E-state index contributed by atoms with van der Waals surface area (Å²) >= 11 is 2.06. The Hall–Kier alpha value is 0.270. The van der Waals surface area contributed by atoms with E-state index in [9.17, 15) is 0 Å². The van der Waals surface area contributed by atoms with Crippen molar-refractivity contribution in [3.63, 3.8) is 0 Å². The second-order valence-electron chi connectivity index (χ2n) is 4.45. The van der Waals surface area contributed by atoms with Gasteiger partial charge in [-0.05, 0) is 37.5 Å². The largest absolute Gasteiger partial charge is 0.329 e. The number of hydrogen-bond donors (Lipinski definition) is 2. The highest BCUT2D eigenvalue weighted by Gasteiger charge is 2.40. The fourth-order valence-corrected chi connectivity index (χ4v) is 3.47. The molecule has 2 unspecified atom stereocenters. The van der Waals surface area contributed by atoms with Gasteiger partial charge in [0.15, 0.2) is 0 Å². The van der Waals surface area contributed by atoms with Gasteiger partial charge in [-0.1, -0.05) is 6.92 Å². The summed E-state index contributed by atoms with van der Waals surface area (Å²) in [5.74, 6) is 2.23. The highest BCUT2D eigenvalue weighted by atomic mass is 32.2. The zero-order valence-electron chi connectivity index (χ0n) is 8.38. The number of rotatable bonds is 4. The molecule has 1 aliphatic carbocycles. The van der Waals surface area contributed by atoms with Gasteiger partial charge in [-0.25, -0.2) is 0 Å². The lowest BCUT2D eigenvalue weighted by atomic mass is 9.92. The predicted molar refractivity (Wildman–Crippen MR) is 59.0 cm³/mol. The summed E-state index contributed by atoms with van der Waals surface area (Å²) in [7, 11) is 0. The van der Waals surface area contributed by atoms with E-state index < -0.39 is 0 Å². The molecule has 1 aliphatic heterocycles. The molecule has 2 rings (SSSR count). The molecule has 3 N–H and O–H groups in total. The summed E-state index contributed by atoms with van der Waals surface area (Å²) in [6, 6.07) is 0. The predicted octanol–water partition coefficient (Wildman–Crippen LogP) is 1.21. The first-order valence-corrected chi connectivity index (χ1v) is 6.38. The van der Waals surface area contributed by atoms with Crippen LogP contribution in [0.3, 0.4) is 0 Å². The molecule has 0 aromatic carbocycles. The Balaban J connectivity index is 1.88. The van der Waals surface area contributed by atoms with Crippen LogP contribution in [0.5, 0.6) is 0 Å². The van der Waals surface area contributed by atoms with Gasteiger partial charge in [-0.2, -0.15) is 11.8 Å². The minimum atomic E-state index is 0.257. The summed E-state index contributed by atoms with van der Waals surface area (Å²) in [6.45, 7) is 4.31. The smallest absolute Gasteiger partial charge is 0.0429 e. The third-order valence-electron chi connectivity index (χ3n) is 3.50. The van der Waals surface area contributed by atoms with Crippen molar-refractivity contribution in [1.82, 2.24) is 5.32 Å². The number of nitrogens with two attached hydrogens (primary N) is 1.